The highest BCUT2D eigenvalue weighted by Gasteiger charge is 2.32. The van der Waals surface area contributed by atoms with Gasteiger partial charge in [0.15, 0.2) is 0 Å². The Morgan fingerprint density at radius 1 is 0.677 bits per heavy atom. The van der Waals surface area contributed by atoms with Crippen LogP contribution in [0.25, 0.3) is 22.3 Å². The number of hydrogen-bond donors (Lipinski definition) is 0. The van der Waals surface area contributed by atoms with Gasteiger partial charge in [0.05, 0.1) is 6.61 Å². The van der Waals surface area contributed by atoms with E-state index in [9.17, 15) is 13.2 Å². The second-order valence-electron chi connectivity index (χ2n) is 7.65. The van der Waals surface area contributed by atoms with Crippen LogP contribution in [0.4, 0.5) is 13.2 Å². The van der Waals surface area contributed by atoms with Gasteiger partial charge in [0.1, 0.15) is 11.4 Å². The third-order valence-electron chi connectivity index (χ3n) is 5.23. The summed E-state index contributed by atoms with van der Waals surface area (Å²) in [4.78, 5) is 3.53. The Bertz CT molecular complexity index is 917. The topological polar surface area (TPSA) is 22.1 Å². The fraction of sp³-hybridized carbons (Fsp3) is 0.346. The van der Waals surface area contributed by atoms with Crippen molar-refractivity contribution in [3.8, 4) is 28.0 Å². The molecule has 1 heterocycles. The molecule has 0 saturated carbocycles. The molecule has 0 bridgehead atoms. The molecule has 2 aromatic carbocycles. The predicted octanol–water partition coefficient (Wildman–Crippen LogP) is 8.17. The van der Waals surface area contributed by atoms with E-state index in [2.05, 4.69) is 11.9 Å². The monoisotopic (exact) mass is 427 g/mol. The van der Waals surface area contributed by atoms with Crippen LogP contribution in [0.1, 0.15) is 51.1 Å². The molecule has 5 heteroatoms. The summed E-state index contributed by atoms with van der Waals surface area (Å²) in [5.41, 5.74) is 2.68. The molecule has 3 aromatic rings. The van der Waals surface area contributed by atoms with Crippen LogP contribution in [0, 0.1) is 0 Å². The van der Waals surface area contributed by atoms with Crippen LogP contribution < -0.4 is 4.74 Å². The van der Waals surface area contributed by atoms with Gasteiger partial charge in [0.2, 0.25) is 0 Å². The van der Waals surface area contributed by atoms with E-state index in [1.807, 2.05) is 48.5 Å². The van der Waals surface area contributed by atoms with Crippen molar-refractivity contribution < 1.29 is 17.9 Å². The van der Waals surface area contributed by atoms with Crippen LogP contribution in [0.15, 0.2) is 66.9 Å². The van der Waals surface area contributed by atoms with Crippen molar-refractivity contribution >= 4 is 0 Å². The van der Waals surface area contributed by atoms with E-state index in [4.69, 9.17) is 4.74 Å². The molecular weight excluding hydrogens is 399 g/mol. The summed E-state index contributed by atoms with van der Waals surface area (Å²) in [5.74, 6) is 0.866. The van der Waals surface area contributed by atoms with Crippen molar-refractivity contribution in [1.82, 2.24) is 4.98 Å². The summed E-state index contributed by atoms with van der Waals surface area (Å²) in [7, 11) is 0. The van der Waals surface area contributed by atoms with Gasteiger partial charge in [-0.1, -0.05) is 81.5 Å². The smallest absolute Gasteiger partial charge is 0.433 e. The molecule has 1 aromatic heterocycles. The zero-order valence-electron chi connectivity index (χ0n) is 17.8. The number of pyridine rings is 1. The zero-order valence-corrected chi connectivity index (χ0v) is 17.8. The zero-order chi connectivity index (χ0) is 22.1. The molecule has 0 amide bonds. The first-order valence-corrected chi connectivity index (χ1v) is 10.8. The lowest BCUT2D eigenvalue weighted by Gasteiger charge is -2.09. The Hall–Kier alpha value is -2.82. The maximum absolute atomic E-state index is 12.7. The number of aromatic nitrogens is 1. The molecule has 0 fully saturated rings. The van der Waals surface area contributed by atoms with Gasteiger partial charge in [-0.2, -0.15) is 13.2 Å². The van der Waals surface area contributed by atoms with Crippen molar-refractivity contribution in [2.45, 2.75) is 51.6 Å². The molecule has 0 unspecified atom stereocenters. The Morgan fingerprint density at radius 3 is 1.74 bits per heavy atom. The maximum Gasteiger partial charge on any atom is 0.433 e. The van der Waals surface area contributed by atoms with Gasteiger partial charge in [-0.25, -0.2) is 0 Å². The highest BCUT2D eigenvalue weighted by Crippen LogP contribution is 2.30. The standard InChI is InChI=1S/C26H28F3NO/c1-2-3-4-5-6-7-18-31-24-15-12-21(13-16-24)20-8-10-22(11-9-20)23-14-17-25(30-19-23)26(27,28)29/h8-17,19H,2-7,18H2,1H3. The number of hydrogen-bond acceptors (Lipinski definition) is 2. The van der Waals surface area contributed by atoms with Crippen LogP contribution >= 0.6 is 0 Å². The van der Waals surface area contributed by atoms with Crippen molar-refractivity contribution in [1.29, 1.82) is 0 Å². The van der Waals surface area contributed by atoms with E-state index >= 15 is 0 Å². The number of rotatable bonds is 10. The number of alkyl halides is 3. The summed E-state index contributed by atoms with van der Waals surface area (Å²) in [6.45, 7) is 2.96. The minimum absolute atomic E-state index is 0.651. The minimum Gasteiger partial charge on any atom is -0.494 e. The van der Waals surface area contributed by atoms with Crippen LogP contribution in [-0.2, 0) is 6.18 Å². The summed E-state index contributed by atoms with van der Waals surface area (Å²) in [5, 5.41) is 0. The van der Waals surface area contributed by atoms with Crippen LogP contribution in [0.2, 0.25) is 0 Å². The SMILES string of the molecule is CCCCCCCCOc1ccc(-c2ccc(-c3ccc(C(F)(F)F)nc3)cc2)cc1. The van der Waals surface area contributed by atoms with Gasteiger partial charge in [-0.15, -0.1) is 0 Å². The van der Waals surface area contributed by atoms with E-state index in [1.54, 1.807) is 0 Å². The molecule has 0 aliphatic heterocycles. The van der Waals surface area contributed by atoms with Crippen molar-refractivity contribution in [2.24, 2.45) is 0 Å². The lowest BCUT2D eigenvalue weighted by Crippen LogP contribution is -2.07. The van der Waals surface area contributed by atoms with E-state index in [-0.39, 0.29) is 0 Å². The van der Waals surface area contributed by atoms with Gasteiger partial charge >= 0.3 is 6.18 Å². The molecule has 0 radical (unpaired) electrons. The third-order valence-corrected chi connectivity index (χ3v) is 5.23. The third kappa shape index (κ3) is 6.84. The summed E-state index contributed by atoms with van der Waals surface area (Å²) >= 11 is 0. The molecule has 3 rings (SSSR count). The normalized spacial score (nSPS) is 11.5. The van der Waals surface area contributed by atoms with Gasteiger partial charge in [-0.05, 0) is 41.3 Å². The summed E-state index contributed by atoms with van der Waals surface area (Å²) in [6, 6.07) is 18.1. The first-order valence-electron chi connectivity index (χ1n) is 10.8. The fourth-order valence-electron chi connectivity index (χ4n) is 3.40. The van der Waals surface area contributed by atoms with Gasteiger partial charge in [-0.3, -0.25) is 4.98 Å². The largest absolute Gasteiger partial charge is 0.494 e. The van der Waals surface area contributed by atoms with E-state index in [0.717, 1.165) is 41.5 Å². The van der Waals surface area contributed by atoms with Gasteiger partial charge in [0.25, 0.3) is 0 Å². The molecule has 0 aliphatic rings. The fourth-order valence-corrected chi connectivity index (χ4v) is 3.40. The molecule has 0 atom stereocenters. The van der Waals surface area contributed by atoms with E-state index in [0.29, 0.717) is 5.56 Å². The number of ether oxygens (including phenoxy) is 1. The van der Waals surface area contributed by atoms with Gasteiger partial charge in [0, 0.05) is 11.8 Å². The second kappa shape index (κ2) is 11.0. The Kier molecular flexibility index (Phi) is 8.10. The van der Waals surface area contributed by atoms with Crippen LogP contribution in [0.3, 0.4) is 0 Å². The summed E-state index contributed by atoms with van der Waals surface area (Å²) < 4.78 is 43.8. The predicted molar refractivity (Wildman–Crippen MR) is 119 cm³/mol. The number of benzene rings is 2. The van der Waals surface area contributed by atoms with Crippen molar-refractivity contribution in [3.05, 3.63) is 72.6 Å². The second-order valence-corrected chi connectivity index (χ2v) is 7.65. The van der Waals surface area contributed by atoms with E-state index in [1.165, 1.54) is 44.4 Å². The molecule has 0 saturated heterocycles. The molecule has 0 spiro atoms. The van der Waals surface area contributed by atoms with Crippen molar-refractivity contribution in [2.75, 3.05) is 6.61 Å². The number of halogens is 3. The highest BCUT2D eigenvalue weighted by atomic mass is 19.4. The Labute approximate surface area is 182 Å². The highest BCUT2D eigenvalue weighted by molar-refractivity contribution is 5.70. The van der Waals surface area contributed by atoms with E-state index < -0.39 is 11.9 Å². The maximum atomic E-state index is 12.7. The summed E-state index contributed by atoms with van der Waals surface area (Å²) in [6.07, 6.45) is 4.27. The Balaban J connectivity index is 1.54. The number of nitrogens with zero attached hydrogens (tertiary/aromatic N) is 1. The molecule has 2 nitrogen and oxygen atoms in total. The lowest BCUT2D eigenvalue weighted by molar-refractivity contribution is -0.141. The van der Waals surface area contributed by atoms with Crippen LogP contribution in [0.5, 0.6) is 5.75 Å². The average molecular weight is 428 g/mol. The average Bonchev–Trinajstić information content (AvgIpc) is 2.79. The minimum atomic E-state index is -4.42. The first kappa shape index (κ1) is 22.9. The number of unbranched alkanes of at least 4 members (excludes halogenated alkanes) is 5. The quantitative estimate of drug-likeness (QED) is 0.304. The van der Waals surface area contributed by atoms with Crippen LogP contribution in [-0.4, -0.2) is 11.6 Å². The lowest BCUT2D eigenvalue weighted by atomic mass is 10.0. The van der Waals surface area contributed by atoms with Crippen molar-refractivity contribution in [3.63, 3.8) is 0 Å². The molecule has 0 aliphatic carbocycles. The molecular formula is C26H28F3NO. The Morgan fingerprint density at radius 2 is 1.19 bits per heavy atom. The molecule has 164 valence electrons. The molecule has 0 N–H and O–H groups in total. The first-order chi connectivity index (χ1) is 15.0. The molecule has 31 heavy (non-hydrogen) atoms. The van der Waals surface area contributed by atoms with Gasteiger partial charge < -0.3 is 4.74 Å².